The molecule has 0 fully saturated rings. The van der Waals surface area contributed by atoms with Gasteiger partial charge in [-0.1, -0.05) is 54.6 Å². The maximum Gasteiger partial charge on any atom is 0.415 e. The Bertz CT molecular complexity index is 1100. The summed E-state index contributed by atoms with van der Waals surface area (Å²) in [7, 11) is 1.74. The Hall–Kier alpha value is -4.13. The molecule has 2 N–H and O–H groups in total. The summed E-state index contributed by atoms with van der Waals surface area (Å²) in [6.07, 6.45) is -0.406. The summed E-state index contributed by atoms with van der Waals surface area (Å²) in [6.45, 7) is 3.89. The molecule has 1 aliphatic rings. The number of anilines is 2. The van der Waals surface area contributed by atoms with E-state index in [-0.39, 0.29) is 12.0 Å². The van der Waals surface area contributed by atoms with E-state index < -0.39 is 6.09 Å². The molecule has 7 heteroatoms. The third kappa shape index (κ3) is 5.03. The average molecular weight is 442 g/mol. The molecule has 1 amide bonds. The third-order valence-electron chi connectivity index (χ3n) is 5.63. The van der Waals surface area contributed by atoms with Crippen LogP contribution in [0.15, 0.2) is 95.1 Å². The number of nitrogens with one attached hydrogen (secondary N) is 2. The molecule has 0 bridgehead atoms. The zero-order chi connectivity index (χ0) is 23.2. The molecule has 1 atom stereocenters. The minimum absolute atomic E-state index is 0.295. The summed E-state index contributed by atoms with van der Waals surface area (Å²) in [4.78, 5) is 14.3. The van der Waals surface area contributed by atoms with Crippen molar-refractivity contribution in [3.8, 4) is 5.75 Å². The summed E-state index contributed by atoms with van der Waals surface area (Å²) >= 11 is 0. The third-order valence-corrected chi connectivity index (χ3v) is 5.63. The first-order valence-electron chi connectivity index (χ1n) is 10.8. The molecule has 0 spiro atoms. The summed E-state index contributed by atoms with van der Waals surface area (Å²) in [5.74, 6) is 0.264. The van der Waals surface area contributed by atoms with Crippen LogP contribution in [-0.4, -0.2) is 29.5 Å². The first-order chi connectivity index (χ1) is 16.0. The SMILES string of the molecule is C/C(=N\Nc1ccccc1)C(/C(C)=N/Nc1ccccc1)C1c2ccccc2OC(=O)N1C. The van der Waals surface area contributed by atoms with Gasteiger partial charge in [-0.3, -0.25) is 10.9 Å². The number of hydrazone groups is 2. The normalized spacial score (nSPS) is 17.1. The van der Waals surface area contributed by atoms with Crippen molar-refractivity contribution in [1.29, 1.82) is 0 Å². The molecule has 7 nitrogen and oxygen atoms in total. The monoisotopic (exact) mass is 441 g/mol. The summed E-state index contributed by atoms with van der Waals surface area (Å²) < 4.78 is 5.52. The van der Waals surface area contributed by atoms with Crippen molar-refractivity contribution in [3.63, 3.8) is 0 Å². The lowest BCUT2D eigenvalue weighted by Gasteiger charge is -2.38. The number of rotatable bonds is 7. The van der Waals surface area contributed by atoms with Gasteiger partial charge in [-0.15, -0.1) is 0 Å². The van der Waals surface area contributed by atoms with E-state index in [1.54, 1.807) is 11.9 Å². The van der Waals surface area contributed by atoms with Crippen LogP contribution >= 0.6 is 0 Å². The number of benzene rings is 3. The van der Waals surface area contributed by atoms with Crippen LogP contribution in [0.1, 0.15) is 25.5 Å². The molecule has 4 rings (SSSR count). The quantitative estimate of drug-likeness (QED) is 0.361. The summed E-state index contributed by atoms with van der Waals surface area (Å²) in [6, 6.07) is 26.8. The zero-order valence-electron chi connectivity index (χ0n) is 18.9. The number of hydrogen-bond donors (Lipinski definition) is 2. The molecule has 0 aliphatic carbocycles. The number of para-hydroxylation sites is 3. The van der Waals surface area contributed by atoms with Crippen LogP contribution in [0.3, 0.4) is 0 Å². The Morgan fingerprint density at radius 1 is 0.818 bits per heavy atom. The van der Waals surface area contributed by atoms with Crippen molar-refractivity contribution in [2.24, 2.45) is 16.1 Å². The molecule has 168 valence electrons. The van der Waals surface area contributed by atoms with Crippen LogP contribution in [0.5, 0.6) is 5.75 Å². The van der Waals surface area contributed by atoms with Crippen molar-refractivity contribution in [1.82, 2.24) is 4.90 Å². The van der Waals surface area contributed by atoms with E-state index >= 15 is 0 Å². The Labute approximate surface area is 193 Å². The maximum atomic E-state index is 12.7. The molecule has 3 aromatic carbocycles. The van der Waals surface area contributed by atoms with Gasteiger partial charge in [0.2, 0.25) is 0 Å². The van der Waals surface area contributed by atoms with E-state index in [4.69, 9.17) is 4.74 Å². The maximum absolute atomic E-state index is 12.7. The molecular formula is C26H27N5O2. The van der Waals surface area contributed by atoms with Gasteiger partial charge in [0, 0.05) is 24.0 Å². The fraction of sp³-hybridized carbons (Fsp3) is 0.192. The van der Waals surface area contributed by atoms with Gasteiger partial charge in [-0.05, 0) is 44.2 Å². The van der Waals surface area contributed by atoms with Crippen LogP contribution in [0.2, 0.25) is 0 Å². The molecule has 1 unspecified atom stereocenters. The number of hydrogen-bond acceptors (Lipinski definition) is 6. The van der Waals surface area contributed by atoms with E-state index in [0.717, 1.165) is 28.4 Å². The lowest BCUT2D eigenvalue weighted by molar-refractivity contribution is 0.127. The van der Waals surface area contributed by atoms with E-state index in [9.17, 15) is 4.79 Å². The first-order valence-corrected chi connectivity index (χ1v) is 10.8. The van der Waals surface area contributed by atoms with Gasteiger partial charge in [-0.2, -0.15) is 10.2 Å². The molecule has 1 heterocycles. The van der Waals surface area contributed by atoms with Crippen molar-refractivity contribution in [3.05, 3.63) is 90.5 Å². The van der Waals surface area contributed by atoms with Gasteiger partial charge in [-0.25, -0.2) is 4.79 Å². The molecule has 1 aliphatic heterocycles. The molecule has 33 heavy (non-hydrogen) atoms. The lowest BCUT2D eigenvalue weighted by atomic mass is 9.84. The number of ether oxygens (including phenoxy) is 1. The molecule has 0 radical (unpaired) electrons. The van der Waals surface area contributed by atoms with Crippen LogP contribution in [0.4, 0.5) is 16.2 Å². The molecule has 0 saturated carbocycles. The smallest absolute Gasteiger partial charge is 0.410 e. The van der Waals surface area contributed by atoms with Crippen LogP contribution in [0.25, 0.3) is 0 Å². The minimum Gasteiger partial charge on any atom is -0.410 e. The van der Waals surface area contributed by atoms with Gasteiger partial charge in [0.1, 0.15) is 5.75 Å². The summed E-state index contributed by atoms with van der Waals surface area (Å²) in [5, 5.41) is 9.32. The predicted octanol–water partition coefficient (Wildman–Crippen LogP) is 5.76. The number of amides is 1. The zero-order valence-corrected chi connectivity index (χ0v) is 18.9. The lowest BCUT2D eigenvalue weighted by Crippen LogP contribution is -2.45. The Morgan fingerprint density at radius 3 is 1.85 bits per heavy atom. The van der Waals surface area contributed by atoms with E-state index in [1.165, 1.54) is 0 Å². The van der Waals surface area contributed by atoms with Crippen molar-refractivity contribution < 1.29 is 9.53 Å². The standard InChI is InChI=1S/C26H27N5O2/c1-18(27-29-20-12-6-4-7-13-20)24(19(2)28-30-21-14-8-5-9-15-21)25-22-16-10-11-17-23(22)33-26(32)31(25)3/h4-17,24-25,29-30H,1-3H3/b27-18+,28-19+. The molecule has 3 aromatic rings. The number of nitrogens with zero attached hydrogens (tertiary/aromatic N) is 3. The highest BCUT2D eigenvalue weighted by Crippen LogP contribution is 2.39. The van der Waals surface area contributed by atoms with Gasteiger partial charge in [0.25, 0.3) is 0 Å². The largest absolute Gasteiger partial charge is 0.415 e. The van der Waals surface area contributed by atoms with Gasteiger partial charge < -0.3 is 9.64 Å². The highest BCUT2D eigenvalue weighted by Gasteiger charge is 2.40. The van der Waals surface area contributed by atoms with Crippen molar-refractivity contribution >= 4 is 28.9 Å². The second-order valence-electron chi connectivity index (χ2n) is 7.90. The van der Waals surface area contributed by atoms with E-state index in [2.05, 4.69) is 21.1 Å². The second kappa shape index (κ2) is 9.99. The molecular weight excluding hydrogens is 414 g/mol. The highest BCUT2D eigenvalue weighted by atomic mass is 16.6. The number of carbonyl (C=O) groups excluding carboxylic acids is 1. The fourth-order valence-corrected chi connectivity index (χ4v) is 3.94. The Balaban J connectivity index is 1.73. The van der Waals surface area contributed by atoms with Gasteiger partial charge in [0.15, 0.2) is 0 Å². The van der Waals surface area contributed by atoms with Crippen LogP contribution < -0.4 is 15.6 Å². The molecule has 0 saturated heterocycles. The minimum atomic E-state index is -0.406. The first kappa shape index (κ1) is 22.1. The van der Waals surface area contributed by atoms with Gasteiger partial charge in [0.05, 0.1) is 23.3 Å². The van der Waals surface area contributed by atoms with E-state index in [1.807, 2.05) is 98.8 Å². The number of fused-ring (bicyclic) bond motifs is 1. The van der Waals surface area contributed by atoms with Crippen LogP contribution in [-0.2, 0) is 0 Å². The van der Waals surface area contributed by atoms with Crippen LogP contribution in [0, 0.1) is 5.92 Å². The van der Waals surface area contributed by atoms with Crippen molar-refractivity contribution in [2.75, 3.05) is 17.9 Å². The van der Waals surface area contributed by atoms with Crippen molar-refractivity contribution in [2.45, 2.75) is 19.9 Å². The Kier molecular flexibility index (Phi) is 6.69. The Morgan fingerprint density at radius 2 is 1.30 bits per heavy atom. The molecule has 0 aromatic heterocycles. The fourth-order valence-electron chi connectivity index (χ4n) is 3.94. The highest BCUT2D eigenvalue weighted by molar-refractivity contribution is 6.07. The predicted molar refractivity (Wildman–Crippen MR) is 133 cm³/mol. The number of carbonyl (C=O) groups is 1. The van der Waals surface area contributed by atoms with Gasteiger partial charge >= 0.3 is 6.09 Å². The average Bonchev–Trinajstić information content (AvgIpc) is 2.85. The topological polar surface area (TPSA) is 78.3 Å². The summed E-state index contributed by atoms with van der Waals surface area (Å²) in [5.41, 5.74) is 10.5. The second-order valence-corrected chi connectivity index (χ2v) is 7.90. The van der Waals surface area contributed by atoms with E-state index in [0.29, 0.717) is 5.75 Å².